The number of nitrogens with zero attached hydrogens (tertiary/aromatic N) is 3. The minimum absolute atomic E-state index is 0.190. The fourth-order valence-electron chi connectivity index (χ4n) is 1.53. The number of carboxylic acids is 2. The molecule has 0 saturated heterocycles. The standard InChI is InChI=1S/C10H12N4O2.C2HF3O2/c1-6(9(15)16)5-7-3-2-4-8-12-10(11)13-14(7)8;3-2(4,5)1(6)7/h2-4,6H,5H2,1H3,(H2,11,13)(H,15,16);(H,6,7). The molecule has 0 saturated carbocycles. The zero-order valence-corrected chi connectivity index (χ0v) is 11.8. The highest BCUT2D eigenvalue weighted by Crippen LogP contribution is 2.13. The Bertz CT molecular complexity index is 714. The van der Waals surface area contributed by atoms with Crippen molar-refractivity contribution < 1.29 is 33.0 Å². The van der Waals surface area contributed by atoms with Gasteiger partial charge in [-0.25, -0.2) is 9.31 Å². The van der Waals surface area contributed by atoms with Gasteiger partial charge in [0.1, 0.15) is 0 Å². The minimum atomic E-state index is -5.08. The Morgan fingerprint density at radius 3 is 2.39 bits per heavy atom. The molecule has 11 heteroatoms. The van der Waals surface area contributed by atoms with E-state index < -0.39 is 24.0 Å². The van der Waals surface area contributed by atoms with Crippen molar-refractivity contribution in [3.05, 3.63) is 23.9 Å². The number of fused-ring (bicyclic) bond motifs is 1. The van der Waals surface area contributed by atoms with Crippen molar-refractivity contribution in [3.8, 4) is 0 Å². The molecule has 0 radical (unpaired) electrons. The minimum Gasteiger partial charge on any atom is -0.481 e. The Kier molecular flexibility index (Phi) is 5.49. The highest BCUT2D eigenvalue weighted by Gasteiger charge is 2.38. The molecule has 1 atom stereocenters. The van der Waals surface area contributed by atoms with Crippen molar-refractivity contribution in [1.29, 1.82) is 0 Å². The number of alkyl halides is 3. The predicted octanol–water partition coefficient (Wildman–Crippen LogP) is 1.21. The molecule has 4 N–H and O–H groups in total. The number of halogens is 3. The van der Waals surface area contributed by atoms with Gasteiger partial charge in [0.05, 0.1) is 5.92 Å². The van der Waals surface area contributed by atoms with Crippen LogP contribution < -0.4 is 5.73 Å². The first-order chi connectivity index (χ1) is 10.5. The third kappa shape index (κ3) is 5.13. The molecule has 2 rings (SSSR count). The Balaban J connectivity index is 0.000000322. The maximum absolute atomic E-state index is 10.8. The van der Waals surface area contributed by atoms with E-state index in [1.165, 1.54) is 0 Å². The summed E-state index contributed by atoms with van der Waals surface area (Å²) < 4.78 is 33.3. The van der Waals surface area contributed by atoms with Crippen LogP contribution in [0.1, 0.15) is 12.6 Å². The van der Waals surface area contributed by atoms with Crippen LogP contribution in [-0.2, 0) is 16.0 Å². The van der Waals surface area contributed by atoms with Gasteiger partial charge in [-0.05, 0) is 12.1 Å². The Labute approximate surface area is 127 Å². The van der Waals surface area contributed by atoms with Gasteiger partial charge in [0.2, 0.25) is 5.95 Å². The number of pyridine rings is 1. The molecule has 0 fully saturated rings. The van der Waals surface area contributed by atoms with Crippen LogP contribution in [0.4, 0.5) is 19.1 Å². The topological polar surface area (TPSA) is 131 Å². The number of hydrogen-bond acceptors (Lipinski definition) is 5. The normalized spacial score (nSPS) is 12.3. The third-order valence-corrected chi connectivity index (χ3v) is 2.63. The maximum atomic E-state index is 10.8. The summed E-state index contributed by atoms with van der Waals surface area (Å²) in [7, 11) is 0. The first kappa shape index (κ1) is 18.2. The van der Waals surface area contributed by atoms with Crippen LogP contribution in [-0.4, -0.2) is 42.9 Å². The van der Waals surface area contributed by atoms with Crippen LogP contribution in [0.15, 0.2) is 18.2 Å². The van der Waals surface area contributed by atoms with Crippen molar-refractivity contribution >= 4 is 23.5 Å². The Morgan fingerprint density at radius 1 is 1.35 bits per heavy atom. The van der Waals surface area contributed by atoms with Crippen molar-refractivity contribution in [2.24, 2.45) is 5.92 Å². The number of anilines is 1. The summed E-state index contributed by atoms with van der Waals surface area (Å²) in [6.07, 6.45) is -4.69. The summed E-state index contributed by atoms with van der Waals surface area (Å²) >= 11 is 0. The molecule has 2 heterocycles. The van der Waals surface area contributed by atoms with Crippen LogP contribution in [0, 0.1) is 5.92 Å². The molecule has 2 aromatic heterocycles. The van der Waals surface area contributed by atoms with Gasteiger partial charge in [-0.3, -0.25) is 4.79 Å². The van der Waals surface area contributed by atoms with Crippen molar-refractivity contribution in [2.45, 2.75) is 19.5 Å². The summed E-state index contributed by atoms with van der Waals surface area (Å²) in [6, 6.07) is 5.41. The summed E-state index contributed by atoms with van der Waals surface area (Å²) in [5.74, 6) is -3.86. The number of rotatable bonds is 3. The van der Waals surface area contributed by atoms with Gasteiger partial charge in [0, 0.05) is 12.1 Å². The number of carboxylic acid groups (broad SMARTS) is 2. The fourth-order valence-corrected chi connectivity index (χ4v) is 1.53. The molecule has 0 aliphatic carbocycles. The quantitative estimate of drug-likeness (QED) is 0.769. The monoisotopic (exact) mass is 334 g/mol. The zero-order chi connectivity index (χ0) is 17.8. The van der Waals surface area contributed by atoms with E-state index in [4.69, 9.17) is 20.7 Å². The van der Waals surface area contributed by atoms with Crippen LogP contribution in [0.5, 0.6) is 0 Å². The van der Waals surface area contributed by atoms with Gasteiger partial charge in [-0.15, -0.1) is 5.10 Å². The molecule has 0 aliphatic heterocycles. The SMILES string of the molecule is CC(Cc1cccc2nc(N)nn12)C(=O)O.O=C(O)C(F)(F)F. The molecule has 0 aromatic carbocycles. The second-order valence-corrected chi connectivity index (χ2v) is 4.50. The molecule has 23 heavy (non-hydrogen) atoms. The highest BCUT2D eigenvalue weighted by molar-refractivity contribution is 5.73. The van der Waals surface area contributed by atoms with Gasteiger partial charge in [0.15, 0.2) is 5.65 Å². The summed E-state index contributed by atoms with van der Waals surface area (Å²) in [5.41, 5.74) is 6.91. The predicted molar refractivity (Wildman–Crippen MR) is 71.6 cm³/mol. The van der Waals surface area contributed by atoms with Crippen molar-refractivity contribution in [2.75, 3.05) is 5.73 Å². The van der Waals surface area contributed by atoms with E-state index in [9.17, 15) is 18.0 Å². The average Bonchev–Trinajstić information content (AvgIpc) is 2.79. The maximum Gasteiger partial charge on any atom is 0.490 e. The second kappa shape index (κ2) is 6.94. The number of aromatic nitrogens is 3. The van der Waals surface area contributed by atoms with E-state index in [2.05, 4.69) is 10.1 Å². The van der Waals surface area contributed by atoms with E-state index in [1.807, 2.05) is 12.1 Å². The lowest BCUT2D eigenvalue weighted by molar-refractivity contribution is -0.192. The summed E-state index contributed by atoms with van der Waals surface area (Å²) in [6.45, 7) is 1.65. The number of nitrogens with two attached hydrogens (primary N) is 1. The molecular formula is C12H13F3N4O4. The van der Waals surface area contributed by atoms with Crippen LogP contribution in [0.3, 0.4) is 0 Å². The lowest BCUT2D eigenvalue weighted by atomic mass is 10.1. The number of nitrogen functional groups attached to an aromatic ring is 1. The molecular weight excluding hydrogens is 321 g/mol. The van der Waals surface area contributed by atoms with Crippen LogP contribution in [0.25, 0.3) is 5.65 Å². The number of aliphatic carboxylic acids is 2. The Morgan fingerprint density at radius 2 is 1.91 bits per heavy atom. The number of hydrogen-bond donors (Lipinski definition) is 3. The van der Waals surface area contributed by atoms with E-state index >= 15 is 0 Å². The molecule has 0 bridgehead atoms. The van der Waals surface area contributed by atoms with Gasteiger partial charge < -0.3 is 15.9 Å². The van der Waals surface area contributed by atoms with Crippen LogP contribution in [0.2, 0.25) is 0 Å². The van der Waals surface area contributed by atoms with Gasteiger partial charge in [-0.2, -0.15) is 18.2 Å². The molecule has 8 nitrogen and oxygen atoms in total. The molecule has 0 spiro atoms. The van der Waals surface area contributed by atoms with Crippen LogP contribution >= 0.6 is 0 Å². The third-order valence-electron chi connectivity index (χ3n) is 2.63. The largest absolute Gasteiger partial charge is 0.490 e. The average molecular weight is 334 g/mol. The molecule has 0 aliphatic rings. The molecule has 126 valence electrons. The zero-order valence-electron chi connectivity index (χ0n) is 11.8. The summed E-state index contributed by atoms with van der Waals surface area (Å²) in [5, 5.41) is 20.0. The number of carbonyl (C=O) groups is 2. The first-order valence-corrected chi connectivity index (χ1v) is 6.15. The molecule has 1 unspecified atom stereocenters. The second-order valence-electron chi connectivity index (χ2n) is 4.50. The molecule has 2 aromatic rings. The fraction of sp³-hybridized carbons (Fsp3) is 0.333. The van der Waals surface area contributed by atoms with Crippen molar-refractivity contribution in [3.63, 3.8) is 0 Å². The molecule has 0 amide bonds. The van der Waals surface area contributed by atoms with E-state index in [-0.39, 0.29) is 5.95 Å². The van der Waals surface area contributed by atoms with E-state index in [1.54, 1.807) is 17.5 Å². The lowest BCUT2D eigenvalue weighted by Gasteiger charge is -2.07. The van der Waals surface area contributed by atoms with Crippen molar-refractivity contribution in [1.82, 2.24) is 14.6 Å². The van der Waals surface area contributed by atoms with Gasteiger partial charge in [0.25, 0.3) is 0 Å². The van der Waals surface area contributed by atoms with Gasteiger partial charge >= 0.3 is 18.1 Å². The lowest BCUT2D eigenvalue weighted by Crippen LogP contribution is -2.21. The van der Waals surface area contributed by atoms with Gasteiger partial charge in [-0.1, -0.05) is 13.0 Å². The van der Waals surface area contributed by atoms with E-state index in [0.29, 0.717) is 12.1 Å². The smallest absolute Gasteiger partial charge is 0.481 e. The first-order valence-electron chi connectivity index (χ1n) is 6.15. The Hall–Kier alpha value is -2.85. The van der Waals surface area contributed by atoms with E-state index in [0.717, 1.165) is 5.69 Å². The summed E-state index contributed by atoms with van der Waals surface area (Å²) in [4.78, 5) is 23.7. The highest BCUT2D eigenvalue weighted by atomic mass is 19.4.